The molecule has 8 nitrogen and oxygen atoms in total. The Hall–Kier alpha value is -2.03. The van der Waals surface area contributed by atoms with Gasteiger partial charge in [0, 0.05) is 22.5 Å². The zero-order chi connectivity index (χ0) is 23.8. The SMILES string of the molecule is Cc1cn(CC(=O)N2C(C(=O)NC3CCCCC3)C3(CCCCC3)SC2(C)C)c(=O)[nH]c1=O. The van der Waals surface area contributed by atoms with Crippen LogP contribution in [0.15, 0.2) is 15.8 Å². The van der Waals surface area contributed by atoms with Gasteiger partial charge >= 0.3 is 5.69 Å². The predicted octanol–water partition coefficient (Wildman–Crippen LogP) is 2.68. The second-order valence-corrected chi connectivity index (χ2v) is 12.4. The van der Waals surface area contributed by atoms with Crippen LogP contribution in [-0.2, 0) is 16.1 Å². The molecule has 182 valence electrons. The number of nitrogens with one attached hydrogen (secondary N) is 2. The van der Waals surface area contributed by atoms with Gasteiger partial charge in [-0.2, -0.15) is 0 Å². The fourth-order valence-electron chi connectivity index (χ4n) is 5.96. The minimum Gasteiger partial charge on any atom is -0.352 e. The molecule has 3 aliphatic rings. The van der Waals surface area contributed by atoms with E-state index in [4.69, 9.17) is 0 Å². The van der Waals surface area contributed by atoms with Gasteiger partial charge in [-0.3, -0.25) is 23.9 Å². The number of aromatic amines is 1. The van der Waals surface area contributed by atoms with Crippen LogP contribution >= 0.6 is 11.8 Å². The van der Waals surface area contributed by atoms with E-state index in [9.17, 15) is 19.2 Å². The number of rotatable bonds is 4. The zero-order valence-electron chi connectivity index (χ0n) is 19.9. The Labute approximate surface area is 198 Å². The van der Waals surface area contributed by atoms with Crippen LogP contribution in [0.2, 0.25) is 0 Å². The fraction of sp³-hybridized carbons (Fsp3) is 0.750. The van der Waals surface area contributed by atoms with E-state index in [-0.39, 0.29) is 29.1 Å². The molecule has 1 aliphatic heterocycles. The highest BCUT2D eigenvalue weighted by molar-refractivity contribution is 8.02. The molecule has 1 aromatic rings. The average molecular weight is 477 g/mol. The van der Waals surface area contributed by atoms with Crippen LogP contribution in [0.4, 0.5) is 0 Å². The van der Waals surface area contributed by atoms with E-state index in [0.717, 1.165) is 57.8 Å². The topological polar surface area (TPSA) is 104 Å². The first kappa shape index (κ1) is 24.1. The number of nitrogens with zero attached hydrogens (tertiary/aromatic N) is 2. The first-order valence-electron chi connectivity index (χ1n) is 12.3. The molecular formula is C24H36N4O4S. The van der Waals surface area contributed by atoms with E-state index < -0.39 is 22.2 Å². The quantitative estimate of drug-likeness (QED) is 0.695. The number of aryl methyl sites for hydroxylation is 1. The number of hydrogen-bond acceptors (Lipinski definition) is 5. The van der Waals surface area contributed by atoms with Crippen LogP contribution in [0, 0.1) is 6.92 Å². The molecule has 4 rings (SSSR count). The summed E-state index contributed by atoms with van der Waals surface area (Å²) < 4.78 is 0.934. The third kappa shape index (κ3) is 4.79. The molecule has 1 aromatic heterocycles. The molecule has 9 heteroatoms. The third-order valence-corrected chi connectivity index (χ3v) is 9.19. The number of carbonyl (C=O) groups is 2. The summed E-state index contributed by atoms with van der Waals surface area (Å²) in [6.07, 6.45) is 11.9. The molecule has 0 bridgehead atoms. The number of thioether (sulfide) groups is 1. The van der Waals surface area contributed by atoms with Crippen molar-refractivity contribution in [1.29, 1.82) is 0 Å². The van der Waals surface area contributed by atoms with E-state index >= 15 is 0 Å². The van der Waals surface area contributed by atoms with Gasteiger partial charge in [0.15, 0.2) is 0 Å². The minimum atomic E-state index is -0.612. The Kier molecular flexibility index (Phi) is 6.80. The van der Waals surface area contributed by atoms with Gasteiger partial charge in [-0.1, -0.05) is 38.5 Å². The maximum absolute atomic E-state index is 13.8. The van der Waals surface area contributed by atoms with Gasteiger partial charge in [0.2, 0.25) is 11.8 Å². The summed E-state index contributed by atoms with van der Waals surface area (Å²) >= 11 is 1.75. The smallest absolute Gasteiger partial charge is 0.328 e. The van der Waals surface area contributed by atoms with Gasteiger partial charge in [-0.05, 0) is 46.5 Å². The summed E-state index contributed by atoms with van der Waals surface area (Å²) in [6, 6.07) is -0.395. The van der Waals surface area contributed by atoms with Crippen molar-refractivity contribution in [2.24, 2.45) is 0 Å². The van der Waals surface area contributed by atoms with E-state index in [2.05, 4.69) is 10.3 Å². The first-order chi connectivity index (χ1) is 15.6. The number of carbonyl (C=O) groups excluding carboxylic acids is 2. The van der Waals surface area contributed by atoms with Crippen LogP contribution < -0.4 is 16.6 Å². The molecule has 33 heavy (non-hydrogen) atoms. The number of H-pyrrole nitrogens is 1. The summed E-state index contributed by atoms with van der Waals surface area (Å²) in [6.45, 7) is 5.40. The molecule has 2 heterocycles. The highest BCUT2D eigenvalue weighted by atomic mass is 32.2. The summed E-state index contributed by atoms with van der Waals surface area (Å²) in [4.78, 5) is 55.0. The largest absolute Gasteiger partial charge is 0.352 e. The molecule has 0 radical (unpaired) electrons. The fourth-order valence-corrected chi connectivity index (χ4v) is 8.08. The number of aromatic nitrogens is 2. The zero-order valence-corrected chi connectivity index (χ0v) is 20.8. The Morgan fingerprint density at radius 2 is 1.73 bits per heavy atom. The maximum Gasteiger partial charge on any atom is 0.328 e. The van der Waals surface area contributed by atoms with Crippen molar-refractivity contribution in [1.82, 2.24) is 19.8 Å². The van der Waals surface area contributed by atoms with Crippen LogP contribution in [0.5, 0.6) is 0 Å². The molecule has 1 spiro atoms. The highest BCUT2D eigenvalue weighted by Gasteiger charge is 2.60. The van der Waals surface area contributed by atoms with Crippen LogP contribution in [0.1, 0.15) is 83.6 Å². The van der Waals surface area contributed by atoms with Crippen molar-refractivity contribution in [2.75, 3.05) is 0 Å². The Balaban J connectivity index is 1.66. The summed E-state index contributed by atoms with van der Waals surface area (Å²) in [5, 5.41) is 3.28. The van der Waals surface area contributed by atoms with Gasteiger partial charge in [0.1, 0.15) is 12.6 Å². The van der Waals surface area contributed by atoms with Crippen molar-refractivity contribution in [3.8, 4) is 0 Å². The van der Waals surface area contributed by atoms with Gasteiger partial charge in [0.05, 0.1) is 4.87 Å². The molecule has 1 saturated heterocycles. The van der Waals surface area contributed by atoms with E-state index in [1.54, 1.807) is 23.6 Å². The summed E-state index contributed by atoms with van der Waals surface area (Å²) in [7, 11) is 0. The minimum absolute atomic E-state index is 0.0554. The van der Waals surface area contributed by atoms with Crippen LogP contribution in [0.25, 0.3) is 0 Å². The van der Waals surface area contributed by atoms with Crippen molar-refractivity contribution < 1.29 is 9.59 Å². The number of hydrogen-bond donors (Lipinski definition) is 2. The molecule has 2 saturated carbocycles. The molecule has 2 N–H and O–H groups in total. The molecule has 1 atom stereocenters. The molecule has 2 amide bonds. The number of amides is 2. The first-order valence-corrected chi connectivity index (χ1v) is 13.1. The maximum atomic E-state index is 13.8. The molecule has 2 aliphatic carbocycles. The van der Waals surface area contributed by atoms with Crippen molar-refractivity contribution in [3.63, 3.8) is 0 Å². The van der Waals surface area contributed by atoms with Gasteiger partial charge in [-0.25, -0.2) is 4.79 Å². The van der Waals surface area contributed by atoms with Gasteiger partial charge < -0.3 is 10.2 Å². The lowest BCUT2D eigenvalue weighted by molar-refractivity contribution is -0.144. The summed E-state index contributed by atoms with van der Waals surface area (Å²) in [5.41, 5.74) is -0.696. The van der Waals surface area contributed by atoms with E-state index in [0.29, 0.717) is 5.56 Å². The van der Waals surface area contributed by atoms with Gasteiger partial charge in [0.25, 0.3) is 5.56 Å². The molecule has 0 aromatic carbocycles. The molecule has 3 fully saturated rings. The Morgan fingerprint density at radius 3 is 2.39 bits per heavy atom. The Morgan fingerprint density at radius 1 is 1.09 bits per heavy atom. The third-order valence-electron chi connectivity index (χ3n) is 7.45. The standard InChI is InChI=1S/C24H36N4O4S/c1-16-14-27(22(32)26-20(16)30)15-18(29)28-19(21(31)25-17-10-6-4-7-11-17)24(33-23(28,2)3)12-8-5-9-13-24/h14,17,19H,4-13,15H2,1-3H3,(H,25,31)(H,26,30,32). The Bertz CT molecular complexity index is 1020. The monoisotopic (exact) mass is 476 g/mol. The average Bonchev–Trinajstić information content (AvgIpc) is 2.99. The second kappa shape index (κ2) is 9.31. The van der Waals surface area contributed by atoms with E-state index in [1.165, 1.54) is 17.2 Å². The van der Waals surface area contributed by atoms with Crippen molar-refractivity contribution in [2.45, 2.75) is 113 Å². The summed E-state index contributed by atoms with van der Waals surface area (Å²) in [5.74, 6) is -0.326. The lowest BCUT2D eigenvalue weighted by atomic mass is 9.81. The van der Waals surface area contributed by atoms with Gasteiger partial charge in [-0.15, -0.1) is 11.8 Å². The predicted molar refractivity (Wildman–Crippen MR) is 129 cm³/mol. The molecular weight excluding hydrogens is 440 g/mol. The normalized spacial score (nSPS) is 24.7. The molecule has 1 unspecified atom stereocenters. The van der Waals surface area contributed by atoms with Crippen LogP contribution in [-0.4, -0.2) is 48.0 Å². The van der Waals surface area contributed by atoms with E-state index in [1.807, 2.05) is 13.8 Å². The second-order valence-electron chi connectivity index (χ2n) is 10.4. The van der Waals surface area contributed by atoms with Crippen LogP contribution in [0.3, 0.4) is 0 Å². The van der Waals surface area contributed by atoms with Crippen molar-refractivity contribution in [3.05, 3.63) is 32.6 Å². The highest BCUT2D eigenvalue weighted by Crippen LogP contribution is 2.57. The lowest BCUT2D eigenvalue weighted by Gasteiger charge is -2.40. The lowest BCUT2D eigenvalue weighted by Crippen LogP contribution is -2.60. The van der Waals surface area contributed by atoms with Crippen molar-refractivity contribution >= 4 is 23.6 Å².